The van der Waals surface area contributed by atoms with Crippen LogP contribution in [0.15, 0.2) is 12.4 Å². The van der Waals surface area contributed by atoms with Crippen LogP contribution in [-0.2, 0) is 6.54 Å². The molecule has 0 aromatic carbocycles. The molecule has 0 spiro atoms. The lowest BCUT2D eigenvalue weighted by molar-refractivity contribution is 0.874. The molecule has 11 heavy (non-hydrogen) atoms. The van der Waals surface area contributed by atoms with Gasteiger partial charge in [0.25, 0.3) is 0 Å². The zero-order valence-corrected chi connectivity index (χ0v) is 7.06. The maximum atomic E-state index is 4.59. The van der Waals surface area contributed by atoms with E-state index in [9.17, 15) is 0 Å². The lowest BCUT2D eigenvalue weighted by atomic mass is 10.4. The molecule has 0 aliphatic rings. The Balaban J connectivity index is 2.58. The molecule has 0 aliphatic carbocycles. The van der Waals surface area contributed by atoms with Crippen molar-refractivity contribution in [3.05, 3.63) is 23.8 Å². The molecule has 0 fully saturated rings. The van der Waals surface area contributed by atoms with Crippen LogP contribution in [0.2, 0.25) is 0 Å². The summed E-state index contributed by atoms with van der Waals surface area (Å²) in [6.45, 7) is 2.56. The molecule has 1 rings (SSSR count). The van der Waals surface area contributed by atoms with Gasteiger partial charge in [0.15, 0.2) is 0 Å². The molecule has 1 aromatic rings. The van der Waals surface area contributed by atoms with Crippen molar-refractivity contribution in [3.8, 4) is 0 Å². The molecular weight excluding hydrogens is 158 g/mol. The Labute approximate surface area is 70.9 Å². The molecule has 0 atom stereocenters. The van der Waals surface area contributed by atoms with Gasteiger partial charge in [0.05, 0.1) is 29.6 Å². The van der Waals surface area contributed by atoms with E-state index in [0.29, 0.717) is 6.54 Å². The van der Waals surface area contributed by atoms with Crippen LogP contribution in [0.3, 0.4) is 0 Å². The molecule has 1 N–H and O–H groups in total. The zero-order valence-electron chi connectivity index (χ0n) is 6.24. The van der Waals surface area contributed by atoms with E-state index in [1.54, 1.807) is 12.4 Å². The molecule has 1 heterocycles. The molecule has 0 saturated heterocycles. The third-order valence-electron chi connectivity index (χ3n) is 1.20. The number of hydrogen-bond acceptors (Lipinski definition) is 3. The predicted octanol–water partition coefficient (Wildman–Crippen LogP) is 0.832. The normalized spacial score (nSPS) is 9.18. The summed E-state index contributed by atoms with van der Waals surface area (Å²) in [6.07, 6.45) is 3.47. The van der Waals surface area contributed by atoms with Crippen LogP contribution >= 0.6 is 12.2 Å². The van der Waals surface area contributed by atoms with Crippen LogP contribution in [0, 0.1) is 6.92 Å². The third kappa shape index (κ3) is 2.59. The van der Waals surface area contributed by atoms with Crippen molar-refractivity contribution in [1.82, 2.24) is 15.3 Å². The lowest BCUT2D eigenvalue weighted by Gasteiger charge is -1.98. The highest BCUT2D eigenvalue weighted by Crippen LogP contribution is 1.92. The largest absolute Gasteiger partial charge is 0.376 e. The first-order valence-electron chi connectivity index (χ1n) is 3.27. The van der Waals surface area contributed by atoms with E-state index >= 15 is 0 Å². The monoisotopic (exact) mass is 167 g/mol. The second-order valence-electron chi connectivity index (χ2n) is 2.15. The Bertz CT molecular complexity index is 232. The van der Waals surface area contributed by atoms with E-state index < -0.39 is 0 Å². The summed E-state index contributed by atoms with van der Waals surface area (Å²) in [6, 6.07) is 0. The van der Waals surface area contributed by atoms with Crippen molar-refractivity contribution in [2.24, 2.45) is 0 Å². The molecule has 0 bridgehead atoms. The maximum absolute atomic E-state index is 4.59. The van der Waals surface area contributed by atoms with Gasteiger partial charge in [0.1, 0.15) is 0 Å². The van der Waals surface area contributed by atoms with Gasteiger partial charge in [0.2, 0.25) is 0 Å². The van der Waals surface area contributed by atoms with E-state index in [-0.39, 0.29) is 0 Å². The molecular formula is C7H9N3S. The van der Waals surface area contributed by atoms with Crippen LogP contribution in [0.25, 0.3) is 0 Å². The smallest absolute Gasteiger partial charge is 0.0777 e. The highest BCUT2D eigenvalue weighted by molar-refractivity contribution is 7.78. The lowest BCUT2D eigenvalue weighted by Crippen LogP contribution is -2.10. The highest BCUT2D eigenvalue weighted by Gasteiger charge is 1.91. The van der Waals surface area contributed by atoms with Gasteiger partial charge >= 0.3 is 0 Å². The van der Waals surface area contributed by atoms with Gasteiger partial charge in [-0.3, -0.25) is 9.97 Å². The van der Waals surface area contributed by atoms with Crippen molar-refractivity contribution in [1.29, 1.82) is 0 Å². The van der Waals surface area contributed by atoms with Crippen molar-refractivity contribution >= 4 is 17.7 Å². The Morgan fingerprint density at radius 2 is 2.36 bits per heavy atom. The standard InChI is InChI=1S/C7H9N3S/c1-6-2-10-7(4-9-6)3-8-5-11/h2,4-5H,3H2,1H3,(H,8,11). The van der Waals surface area contributed by atoms with Gasteiger partial charge in [-0.05, 0) is 6.92 Å². The van der Waals surface area contributed by atoms with Crippen molar-refractivity contribution in [2.75, 3.05) is 0 Å². The first-order chi connectivity index (χ1) is 5.33. The molecule has 0 saturated carbocycles. The van der Waals surface area contributed by atoms with E-state index in [2.05, 4.69) is 27.5 Å². The fraction of sp³-hybridized carbons (Fsp3) is 0.286. The topological polar surface area (TPSA) is 37.8 Å². The maximum Gasteiger partial charge on any atom is 0.0777 e. The molecule has 1 aromatic heterocycles. The molecule has 0 radical (unpaired) electrons. The number of aryl methyl sites for hydroxylation is 1. The third-order valence-corrected chi connectivity index (χ3v) is 1.37. The first kappa shape index (κ1) is 8.07. The van der Waals surface area contributed by atoms with Gasteiger partial charge in [-0.1, -0.05) is 12.2 Å². The second kappa shape index (κ2) is 3.98. The van der Waals surface area contributed by atoms with E-state index in [1.165, 1.54) is 5.49 Å². The zero-order chi connectivity index (χ0) is 8.10. The molecule has 4 heteroatoms. The van der Waals surface area contributed by atoms with Gasteiger partial charge in [-0.2, -0.15) is 0 Å². The number of rotatable bonds is 3. The van der Waals surface area contributed by atoms with Crippen molar-refractivity contribution in [2.45, 2.75) is 13.5 Å². The van der Waals surface area contributed by atoms with Gasteiger partial charge < -0.3 is 5.32 Å². The number of thiocarbonyl (C=S) groups is 1. The van der Waals surface area contributed by atoms with Crippen LogP contribution < -0.4 is 5.32 Å². The fourth-order valence-electron chi connectivity index (χ4n) is 0.657. The van der Waals surface area contributed by atoms with Crippen LogP contribution in [0.4, 0.5) is 0 Å². The van der Waals surface area contributed by atoms with Crippen LogP contribution in [-0.4, -0.2) is 15.5 Å². The van der Waals surface area contributed by atoms with Crippen molar-refractivity contribution in [3.63, 3.8) is 0 Å². The first-order valence-corrected chi connectivity index (χ1v) is 3.74. The minimum absolute atomic E-state index is 0.650. The van der Waals surface area contributed by atoms with Crippen molar-refractivity contribution < 1.29 is 0 Å². The van der Waals surface area contributed by atoms with Gasteiger partial charge in [-0.25, -0.2) is 0 Å². The SMILES string of the molecule is Cc1cnc(CNC=S)cn1. The van der Waals surface area contributed by atoms with E-state index in [0.717, 1.165) is 11.4 Å². The van der Waals surface area contributed by atoms with E-state index in [1.807, 2.05) is 6.92 Å². The predicted molar refractivity (Wildman–Crippen MR) is 47.3 cm³/mol. The molecule has 0 aliphatic heterocycles. The molecule has 0 amide bonds. The fourth-order valence-corrected chi connectivity index (χ4v) is 0.740. The minimum atomic E-state index is 0.650. The Morgan fingerprint density at radius 3 is 2.91 bits per heavy atom. The molecule has 3 nitrogen and oxygen atoms in total. The second-order valence-corrected chi connectivity index (χ2v) is 2.38. The van der Waals surface area contributed by atoms with Gasteiger partial charge in [-0.15, -0.1) is 0 Å². The minimum Gasteiger partial charge on any atom is -0.376 e. The highest BCUT2D eigenvalue weighted by atomic mass is 32.1. The average molecular weight is 167 g/mol. The quantitative estimate of drug-likeness (QED) is 0.677. The Hall–Kier alpha value is -1.03. The molecule has 0 unspecified atom stereocenters. The molecule has 58 valence electrons. The van der Waals surface area contributed by atoms with E-state index in [4.69, 9.17) is 0 Å². The average Bonchev–Trinajstić information content (AvgIpc) is 2.04. The Kier molecular flexibility index (Phi) is 2.92. The summed E-state index contributed by atoms with van der Waals surface area (Å²) in [5.41, 5.74) is 3.30. The Morgan fingerprint density at radius 1 is 1.55 bits per heavy atom. The number of nitrogens with zero attached hydrogens (tertiary/aromatic N) is 2. The number of hydrogen-bond donors (Lipinski definition) is 1. The van der Waals surface area contributed by atoms with Crippen LogP contribution in [0.1, 0.15) is 11.4 Å². The van der Waals surface area contributed by atoms with Crippen LogP contribution in [0.5, 0.6) is 0 Å². The summed E-state index contributed by atoms with van der Waals surface area (Å²) >= 11 is 4.59. The summed E-state index contributed by atoms with van der Waals surface area (Å²) in [7, 11) is 0. The number of nitrogens with one attached hydrogen (secondary N) is 1. The summed E-state index contributed by atoms with van der Waals surface area (Å²) in [4.78, 5) is 8.21. The van der Waals surface area contributed by atoms with Gasteiger partial charge in [0, 0.05) is 6.20 Å². The summed E-state index contributed by atoms with van der Waals surface area (Å²) in [5, 5.41) is 2.87. The number of aromatic nitrogens is 2. The summed E-state index contributed by atoms with van der Waals surface area (Å²) < 4.78 is 0. The summed E-state index contributed by atoms with van der Waals surface area (Å²) in [5.74, 6) is 0.